The molecule has 4 rings (SSSR count). The van der Waals surface area contributed by atoms with E-state index < -0.39 is 5.97 Å². The second-order valence-electron chi connectivity index (χ2n) is 7.52. The van der Waals surface area contributed by atoms with Gasteiger partial charge in [0.15, 0.2) is 0 Å². The highest BCUT2D eigenvalue weighted by Crippen LogP contribution is 2.42. The van der Waals surface area contributed by atoms with Gasteiger partial charge in [-0.3, -0.25) is 4.79 Å². The van der Waals surface area contributed by atoms with Crippen LogP contribution in [0.2, 0.25) is 0 Å². The molecule has 0 aliphatic rings. The van der Waals surface area contributed by atoms with Crippen LogP contribution >= 0.6 is 11.3 Å². The fourth-order valence-electron chi connectivity index (χ4n) is 3.84. The number of thiophene rings is 1. The Kier molecular flexibility index (Phi) is 5.63. The summed E-state index contributed by atoms with van der Waals surface area (Å²) < 4.78 is 14.6. The summed E-state index contributed by atoms with van der Waals surface area (Å²) in [5, 5.41) is 19.6. The summed E-state index contributed by atoms with van der Waals surface area (Å²) in [6, 6.07) is 14.9. The van der Waals surface area contributed by atoms with Gasteiger partial charge in [0, 0.05) is 27.3 Å². The van der Waals surface area contributed by atoms with Crippen LogP contribution in [0.5, 0.6) is 5.75 Å². The van der Waals surface area contributed by atoms with Crippen molar-refractivity contribution >= 4 is 39.3 Å². The monoisotopic (exact) mass is 446 g/mol. The molecular weight excluding hydrogens is 427 g/mol. The van der Waals surface area contributed by atoms with Crippen molar-refractivity contribution in [1.29, 1.82) is 0 Å². The summed E-state index contributed by atoms with van der Waals surface area (Å²) in [7, 11) is 0. The molecule has 0 bridgehead atoms. The number of hydrogen-bond acceptors (Lipinski definition) is 4. The van der Waals surface area contributed by atoms with E-state index in [1.807, 2.05) is 12.1 Å². The van der Waals surface area contributed by atoms with Crippen molar-refractivity contribution in [1.82, 2.24) is 0 Å². The highest BCUT2D eigenvalue weighted by atomic mass is 32.1. The highest BCUT2D eigenvalue weighted by Gasteiger charge is 2.24. The topological polar surface area (TPSA) is 74.6 Å². The van der Waals surface area contributed by atoms with Crippen molar-refractivity contribution in [2.75, 3.05) is 0 Å². The van der Waals surface area contributed by atoms with Gasteiger partial charge in [0.05, 0.1) is 4.88 Å². The molecule has 3 aromatic carbocycles. The first kappa shape index (κ1) is 21.5. The van der Waals surface area contributed by atoms with Crippen molar-refractivity contribution in [3.63, 3.8) is 0 Å². The molecule has 0 aliphatic carbocycles. The summed E-state index contributed by atoms with van der Waals surface area (Å²) in [5.41, 5.74) is 3.82. The zero-order chi connectivity index (χ0) is 23.0. The number of carbonyl (C=O) groups is 2. The van der Waals surface area contributed by atoms with E-state index in [4.69, 9.17) is 5.11 Å². The molecule has 160 valence electrons. The highest BCUT2D eigenvalue weighted by molar-refractivity contribution is 7.21. The Hall–Kier alpha value is -3.77. The first-order chi connectivity index (χ1) is 15.2. The summed E-state index contributed by atoms with van der Waals surface area (Å²) in [6.07, 6.45) is 2.56. The van der Waals surface area contributed by atoms with Gasteiger partial charge in [-0.15, -0.1) is 11.3 Å². The molecule has 0 saturated carbocycles. The second kappa shape index (κ2) is 8.40. The number of hydrogen-bond donors (Lipinski definition) is 2. The number of aryl methyl sites for hydroxylation is 2. The third-order valence-corrected chi connectivity index (χ3v) is 6.37. The lowest BCUT2D eigenvalue weighted by atomic mass is 9.93. The van der Waals surface area contributed by atoms with Crippen molar-refractivity contribution in [3.05, 3.63) is 93.6 Å². The van der Waals surface area contributed by atoms with Gasteiger partial charge in [0.2, 0.25) is 5.78 Å². The minimum Gasteiger partial charge on any atom is -0.508 e. The Morgan fingerprint density at radius 2 is 1.62 bits per heavy atom. The molecule has 4 aromatic rings. The van der Waals surface area contributed by atoms with Crippen LogP contribution < -0.4 is 0 Å². The van der Waals surface area contributed by atoms with Crippen LogP contribution in [0.3, 0.4) is 0 Å². The van der Waals surface area contributed by atoms with Crippen LogP contribution in [-0.4, -0.2) is 22.0 Å². The number of phenols is 1. The largest absolute Gasteiger partial charge is 0.508 e. The lowest BCUT2D eigenvalue weighted by Gasteiger charge is -2.10. The number of halogens is 1. The Morgan fingerprint density at radius 3 is 2.25 bits per heavy atom. The standard InChI is InChI=1S/C26H19FO4S/c1-14-11-18(27)12-15(2)23(14)25(31)26-24(20-9-8-19(28)13-21(20)32-26)17-6-3-16(4-7-17)5-10-22(29)30/h3-13,28H,1-2H3,(H,29,30)/b10-5+. The van der Waals surface area contributed by atoms with Crippen LogP contribution in [-0.2, 0) is 4.79 Å². The van der Waals surface area contributed by atoms with Crippen molar-refractivity contribution in [2.24, 2.45) is 0 Å². The molecule has 6 heteroatoms. The Bertz CT molecular complexity index is 1370. The predicted octanol–water partition coefficient (Wildman–Crippen LogP) is 6.36. The third kappa shape index (κ3) is 4.05. The number of aliphatic carboxylic acids is 1. The van der Waals surface area contributed by atoms with E-state index in [9.17, 15) is 19.1 Å². The number of benzene rings is 3. The maximum absolute atomic E-state index is 13.8. The van der Waals surface area contributed by atoms with Crippen LogP contribution in [0.25, 0.3) is 27.3 Å². The lowest BCUT2D eigenvalue weighted by molar-refractivity contribution is -0.131. The molecule has 2 N–H and O–H groups in total. The van der Waals surface area contributed by atoms with E-state index in [1.54, 1.807) is 44.2 Å². The predicted molar refractivity (Wildman–Crippen MR) is 125 cm³/mol. The van der Waals surface area contributed by atoms with Crippen molar-refractivity contribution in [2.45, 2.75) is 13.8 Å². The number of ketones is 1. The number of carbonyl (C=O) groups excluding carboxylic acids is 1. The molecule has 0 atom stereocenters. The van der Waals surface area contributed by atoms with Gasteiger partial charge in [-0.1, -0.05) is 24.3 Å². The Labute approximate surface area is 187 Å². The number of fused-ring (bicyclic) bond motifs is 1. The smallest absolute Gasteiger partial charge is 0.328 e. The molecule has 1 aromatic heterocycles. The first-order valence-corrected chi connectivity index (χ1v) is 10.6. The minimum absolute atomic E-state index is 0.104. The Morgan fingerprint density at radius 1 is 0.969 bits per heavy atom. The van der Waals surface area contributed by atoms with Crippen molar-refractivity contribution in [3.8, 4) is 16.9 Å². The van der Waals surface area contributed by atoms with E-state index in [0.29, 0.717) is 27.1 Å². The van der Waals surface area contributed by atoms with Crippen LogP contribution in [0.15, 0.2) is 60.7 Å². The molecule has 0 aliphatic heterocycles. The van der Waals surface area contributed by atoms with E-state index in [-0.39, 0.29) is 17.3 Å². The van der Waals surface area contributed by atoms with Gasteiger partial charge in [-0.05, 0) is 72.5 Å². The molecule has 1 heterocycles. The van der Waals surface area contributed by atoms with Gasteiger partial charge in [-0.2, -0.15) is 0 Å². The van der Waals surface area contributed by atoms with Gasteiger partial charge < -0.3 is 10.2 Å². The van der Waals surface area contributed by atoms with Gasteiger partial charge in [-0.25, -0.2) is 9.18 Å². The second-order valence-corrected chi connectivity index (χ2v) is 8.58. The molecule has 0 unspecified atom stereocenters. The molecular formula is C26H19FO4S. The van der Waals surface area contributed by atoms with E-state index >= 15 is 0 Å². The van der Waals surface area contributed by atoms with Crippen molar-refractivity contribution < 1.29 is 24.2 Å². The number of carboxylic acid groups (broad SMARTS) is 1. The summed E-state index contributed by atoms with van der Waals surface area (Å²) in [5.74, 6) is -1.52. The zero-order valence-electron chi connectivity index (χ0n) is 17.3. The molecule has 32 heavy (non-hydrogen) atoms. The molecule has 0 saturated heterocycles. The number of rotatable bonds is 5. The fraction of sp³-hybridized carbons (Fsp3) is 0.0769. The number of carboxylic acids is 1. The van der Waals surface area contributed by atoms with E-state index in [1.165, 1.54) is 29.5 Å². The fourth-order valence-corrected chi connectivity index (χ4v) is 5.05. The summed E-state index contributed by atoms with van der Waals surface area (Å²) in [6.45, 7) is 3.43. The van der Waals surface area contributed by atoms with Crippen LogP contribution in [0.4, 0.5) is 4.39 Å². The lowest BCUT2D eigenvalue weighted by Crippen LogP contribution is -2.06. The molecule has 0 spiro atoms. The summed E-state index contributed by atoms with van der Waals surface area (Å²) in [4.78, 5) is 24.9. The number of aromatic hydroxyl groups is 1. The molecule has 0 amide bonds. The molecule has 4 nitrogen and oxygen atoms in total. The Balaban J connectivity index is 1.90. The van der Waals surface area contributed by atoms with Crippen LogP contribution in [0, 0.1) is 19.7 Å². The average Bonchev–Trinajstić information content (AvgIpc) is 3.10. The maximum Gasteiger partial charge on any atom is 0.328 e. The van der Waals surface area contributed by atoms with E-state index in [2.05, 4.69) is 0 Å². The zero-order valence-corrected chi connectivity index (χ0v) is 18.2. The number of phenolic OH excluding ortho intramolecular Hbond substituents is 1. The van der Waals surface area contributed by atoms with E-state index in [0.717, 1.165) is 27.3 Å². The maximum atomic E-state index is 13.8. The SMILES string of the molecule is Cc1cc(F)cc(C)c1C(=O)c1sc2cc(O)ccc2c1-c1ccc(/C=C/C(=O)O)cc1. The normalized spacial score (nSPS) is 11.3. The average molecular weight is 446 g/mol. The van der Waals surface area contributed by atoms with Gasteiger partial charge >= 0.3 is 5.97 Å². The first-order valence-electron chi connectivity index (χ1n) is 9.83. The summed E-state index contributed by atoms with van der Waals surface area (Å²) >= 11 is 1.28. The molecule has 0 radical (unpaired) electrons. The third-order valence-electron chi connectivity index (χ3n) is 5.22. The quantitative estimate of drug-likeness (QED) is 0.276. The van der Waals surface area contributed by atoms with Gasteiger partial charge in [0.1, 0.15) is 11.6 Å². The minimum atomic E-state index is -1.03. The van der Waals surface area contributed by atoms with Crippen LogP contribution in [0.1, 0.15) is 31.9 Å². The van der Waals surface area contributed by atoms with Gasteiger partial charge in [0.25, 0.3) is 0 Å². The molecule has 0 fully saturated rings.